The van der Waals surface area contributed by atoms with Gasteiger partial charge in [0.25, 0.3) is 5.91 Å². The van der Waals surface area contributed by atoms with Gasteiger partial charge in [0, 0.05) is 32.7 Å². The molecule has 2 aromatic rings. The van der Waals surface area contributed by atoms with Gasteiger partial charge in [0.05, 0.1) is 0 Å². The maximum absolute atomic E-state index is 10.9. The lowest BCUT2D eigenvalue weighted by Gasteiger charge is -2.25. The minimum absolute atomic E-state index is 0. The van der Waals surface area contributed by atoms with E-state index in [9.17, 15) is 4.79 Å². The summed E-state index contributed by atoms with van der Waals surface area (Å²) in [6.07, 6.45) is 1.00. The first kappa shape index (κ1) is 26.7. The Kier molecular flexibility index (Phi) is 12.6. The molecule has 1 amide bonds. The molecule has 1 unspecified atom stereocenters. The molecule has 31 heavy (non-hydrogen) atoms. The third-order valence-corrected chi connectivity index (χ3v) is 4.84. The fourth-order valence-electron chi connectivity index (χ4n) is 2.95. The van der Waals surface area contributed by atoms with Crippen molar-refractivity contribution >= 4 is 35.8 Å². The summed E-state index contributed by atoms with van der Waals surface area (Å²) in [5.41, 5.74) is 7.46. The molecular formula is C23H34IN5O2. The number of amides is 1. The first-order valence-corrected chi connectivity index (χ1v) is 10.2. The average Bonchev–Trinajstić information content (AvgIpc) is 2.75. The topological polar surface area (TPSA) is 92.0 Å². The van der Waals surface area contributed by atoms with Gasteiger partial charge in [-0.2, -0.15) is 0 Å². The lowest BCUT2D eigenvalue weighted by Crippen LogP contribution is -2.39. The van der Waals surface area contributed by atoms with Crippen LogP contribution in [0.2, 0.25) is 0 Å². The van der Waals surface area contributed by atoms with Crippen LogP contribution in [0.25, 0.3) is 0 Å². The van der Waals surface area contributed by atoms with E-state index < -0.39 is 5.91 Å². The van der Waals surface area contributed by atoms with E-state index in [-0.39, 0.29) is 30.6 Å². The standard InChI is InChI=1S/C23H33N5O2.HI/c1-18(28(3)16-19-8-5-4-6-9-19)12-13-26-23(25-2)27-15-20-10-7-11-21(14-20)30-17-22(24)29;/h4-11,14,18H,12-13,15-17H2,1-3H3,(H2,24,29)(H2,25,26,27);1H. The number of hydrogen-bond acceptors (Lipinski definition) is 4. The van der Waals surface area contributed by atoms with Gasteiger partial charge in [0.1, 0.15) is 5.75 Å². The summed E-state index contributed by atoms with van der Waals surface area (Å²) in [6.45, 7) is 4.46. The summed E-state index contributed by atoms with van der Waals surface area (Å²) in [4.78, 5) is 17.5. The molecule has 0 aliphatic heterocycles. The zero-order valence-electron chi connectivity index (χ0n) is 18.5. The first-order chi connectivity index (χ1) is 14.5. The molecule has 0 saturated heterocycles. The number of carbonyl (C=O) groups is 1. The van der Waals surface area contributed by atoms with Crippen molar-refractivity contribution in [3.63, 3.8) is 0 Å². The largest absolute Gasteiger partial charge is 0.484 e. The van der Waals surface area contributed by atoms with Gasteiger partial charge in [0.15, 0.2) is 12.6 Å². The number of carbonyl (C=O) groups excluding carboxylic acids is 1. The number of primary amides is 1. The molecule has 8 heteroatoms. The van der Waals surface area contributed by atoms with Crippen molar-refractivity contribution < 1.29 is 9.53 Å². The monoisotopic (exact) mass is 539 g/mol. The molecule has 0 heterocycles. The van der Waals surface area contributed by atoms with E-state index in [0.29, 0.717) is 18.3 Å². The second-order valence-corrected chi connectivity index (χ2v) is 7.29. The summed E-state index contributed by atoms with van der Waals surface area (Å²) in [5.74, 6) is 0.870. The van der Waals surface area contributed by atoms with Crippen molar-refractivity contribution in [1.29, 1.82) is 0 Å². The van der Waals surface area contributed by atoms with Gasteiger partial charge < -0.3 is 21.1 Å². The molecule has 2 rings (SSSR count). The Morgan fingerprint density at radius 3 is 2.52 bits per heavy atom. The fourth-order valence-corrected chi connectivity index (χ4v) is 2.95. The fraction of sp³-hybridized carbons (Fsp3) is 0.391. The third-order valence-electron chi connectivity index (χ3n) is 4.84. The van der Waals surface area contributed by atoms with Crippen LogP contribution in [0.15, 0.2) is 59.6 Å². The highest BCUT2D eigenvalue weighted by Crippen LogP contribution is 2.13. The van der Waals surface area contributed by atoms with Crippen LogP contribution < -0.4 is 21.1 Å². The van der Waals surface area contributed by atoms with E-state index in [1.54, 1.807) is 13.1 Å². The normalized spacial score (nSPS) is 12.1. The highest BCUT2D eigenvalue weighted by atomic mass is 127. The summed E-state index contributed by atoms with van der Waals surface area (Å²) < 4.78 is 5.34. The number of nitrogens with two attached hydrogens (primary N) is 1. The lowest BCUT2D eigenvalue weighted by molar-refractivity contribution is -0.119. The van der Waals surface area contributed by atoms with Crippen LogP contribution in [0.3, 0.4) is 0 Å². The lowest BCUT2D eigenvalue weighted by atomic mass is 10.1. The van der Waals surface area contributed by atoms with E-state index in [1.807, 2.05) is 24.3 Å². The quantitative estimate of drug-likeness (QED) is 0.232. The average molecular weight is 539 g/mol. The summed E-state index contributed by atoms with van der Waals surface area (Å²) in [5, 5.41) is 6.66. The third kappa shape index (κ3) is 10.5. The van der Waals surface area contributed by atoms with Crippen LogP contribution in [-0.4, -0.2) is 50.1 Å². The predicted octanol–water partition coefficient (Wildman–Crippen LogP) is 2.74. The number of benzene rings is 2. The van der Waals surface area contributed by atoms with Crippen molar-refractivity contribution in [3.05, 3.63) is 65.7 Å². The molecule has 4 N–H and O–H groups in total. The van der Waals surface area contributed by atoms with Crippen LogP contribution in [-0.2, 0) is 17.9 Å². The molecule has 7 nitrogen and oxygen atoms in total. The Morgan fingerprint density at radius 1 is 1.13 bits per heavy atom. The number of halogens is 1. The number of nitrogens with zero attached hydrogens (tertiary/aromatic N) is 2. The summed E-state index contributed by atoms with van der Waals surface area (Å²) >= 11 is 0. The number of guanidine groups is 1. The first-order valence-electron chi connectivity index (χ1n) is 10.2. The molecule has 0 fully saturated rings. The summed E-state index contributed by atoms with van der Waals surface area (Å²) in [6, 6.07) is 18.5. The number of ether oxygens (including phenoxy) is 1. The van der Waals surface area contributed by atoms with Gasteiger partial charge in [-0.15, -0.1) is 24.0 Å². The van der Waals surface area contributed by atoms with Gasteiger partial charge in [-0.05, 0) is 43.7 Å². The molecule has 0 bridgehead atoms. The molecule has 0 aliphatic carbocycles. The zero-order chi connectivity index (χ0) is 21.8. The van der Waals surface area contributed by atoms with Crippen molar-refractivity contribution in [1.82, 2.24) is 15.5 Å². The van der Waals surface area contributed by atoms with Crippen molar-refractivity contribution in [2.24, 2.45) is 10.7 Å². The number of rotatable bonds is 11. The van der Waals surface area contributed by atoms with E-state index >= 15 is 0 Å². The SMILES string of the molecule is CN=C(NCCC(C)N(C)Cc1ccccc1)NCc1cccc(OCC(N)=O)c1.I. The van der Waals surface area contributed by atoms with E-state index in [0.717, 1.165) is 31.0 Å². The Balaban J connectivity index is 0.00000480. The Bertz CT molecular complexity index is 817. The molecular weight excluding hydrogens is 505 g/mol. The second kappa shape index (κ2) is 14.6. The molecule has 0 aliphatic rings. The molecule has 2 aromatic carbocycles. The van der Waals surface area contributed by atoms with Crippen LogP contribution in [0.5, 0.6) is 5.75 Å². The van der Waals surface area contributed by atoms with E-state index in [4.69, 9.17) is 10.5 Å². The van der Waals surface area contributed by atoms with Crippen LogP contribution >= 0.6 is 24.0 Å². The predicted molar refractivity (Wildman–Crippen MR) is 137 cm³/mol. The van der Waals surface area contributed by atoms with Gasteiger partial charge in [-0.1, -0.05) is 42.5 Å². The van der Waals surface area contributed by atoms with Crippen LogP contribution in [0.4, 0.5) is 0 Å². The smallest absolute Gasteiger partial charge is 0.255 e. The van der Waals surface area contributed by atoms with Gasteiger partial charge in [-0.3, -0.25) is 14.7 Å². The molecule has 0 radical (unpaired) electrons. The molecule has 0 spiro atoms. The maximum Gasteiger partial charge on any atom is 0.255 e. The highest BCUT2D eigenvalue weighted by molar-refractivity contribution is 14.0. The second-order valence-electron chi connectivity index (χ2n) is 7.29. The van der Waals surface area contributed by atoms with Crippen molar-refractivity contribution in [3.8, 4) is 5.75 Å². The minimum atomic E-state index is -0.494. The van der Waals surface area contributed by atoms with Gasteiger partial charge in [-0.25, -0.2) is 0 Å². The van der Waals surface area contributed by atoms with Crippen LogP contribution in [0, 0.1) is 0 Å². The minimum Gasteiger partial charge on any atom is -0.484 e. The van der Waals surface area contributed by atoms with Crippen LogP contribution in [0.1, 0.15) is 24.5 Å². The Hall–Kier alpha value is -2.33. The highest BCUT2D eigenvalue weighted by Gasteiger charge is 2.10. The number of nitrogens with one attached hydrogen (secondary N) is 2. The molecule has 170 valence electrons. The van der Waals surface area contributed by atoms with Crippen molar-refractivity contribution in [2.75, 3.05) is 27.2 Å². The number of aliphatic imine (C=N–C) groups is 1. The Labute approximate surface area is 202 Å². The molecule has 0 aromatic heterocycles. The molecule has 1 atom stereocenters. The summed E-state index contributed by atoms with van der Waals surface area (Å²) in [7, 11) is 3.91. The van der Waals surface area contributed by atoms with Gasteiger partial charge in [0.2, 0.25) is 0 Å². The zero-order valence-corrected chi connectivity index (χ0v) is 20.8. The van der Waals surface area contributed by atoms with E-state index in [1.165, 1.54) is 5.56 Å². The molecule has 0 saturated carbocycles. The van der Waals surface area contributed by atoms with Crippen molar-refractivity contribution in [2.45, 2.75) is 32.5 Å². The van der Waals surface area contributed by atoms with E-state index in [2.05, 4.69) is 58.8 Å². The maximum atomic E-state index is 10.9. The van der Waals surface area contributed by atoms with Gasteiger partial charge >= 0.3 is 0 Å². The number of hydrogen-bond donors (Lipinski definition) is 3. The Morgan fingerprint density at radius 2 is 1.84 bits per heavy atom.